The molecular formula is C15H25ClN4O. The monoisotopic (exact) mass is 312 g/mol. The van der Waals surface area contributed by atoms with Gasteiger partial charge in [-0.15, -0.1) is 0 Å². The lowest BCUT2D eigenvalue weighted by atomic mass is 9.95. The SMILES string of the molecule is CCCN(CC(=O)NC)c1nc(C(C)(C)C)nc(Cl)c1C. The smallest absolute Gasteiger partial charge is 0.239 e. The number of aromatic nitrogens is 2. The molecule has 0 aliphatic heterocycles. The molecule has 0 saturated heterocycles. The number of halogens is 1. The van der Waals surface area contributed by atoms with Crippen LogP contribution in [-0.2, 0) is 10.2 Å². The van der Waals surface area contributed by atoms with Crippen molar-refractivity contribution in [3.8, 4) is 0 Å². The van der Waals surface area contributed by atoms with E-state index in [2.05, 4.69) is 22.2 Å². The van der Waals surface area contributed by atoms with Gasteiger partial charge in [0.15, 0.2) is 0 Å². The van der Waals surface area contributed by atoms with Gasteiger partial charge in [-0.05, 0) is 13.3 Å². The highest BCUT2D eigenvalue weighted by atomic mass is 35.5. The van der Waals surface area contributed by atoms with Crippen molar-refractivity contribution in [2.24, 2.45) is 0 Å². The fourth-order valence-electron chi connectivity index (χ4n) is 1.90. The third kappa shape index (κ3) is 4.56. The number of hydrogen-bond acceptors (Lipinski definition) is 4. The molecular weight excluding hydrogens is 288 g/mol. The molecule has 5 nitrogen and oxygen atoms in total. The normalized spacial score (nSPS) is 11.4. The Balaban J connectivity index is 3.29. The molecule has 118 valence electrons. The second kappa shape index (κ2) is 7.07. The van der Waals surface area contributed by atoms with Crippen molar-refractivity contribution in [1.29, 1.82) is 0 Å². The molecule has 0 radical (unpaired) electrons. The van der Waals surface area contributed by atoms with E-state index < -0.39 is 0 Å². The van der Waals surface area contributed by atoms with Crippen LogP contribution >= 0.6 is 11.6 Å². The molecule has 0 fully saturated rings. The molecule has 0 spiro atoms. The van der Waals surface area contributed by atoms with Crippen LogP contribution in [-0.4, -0.2) is 36.0 Å². The number of nitrogens with zero attached hydrogens (tertiary/aromatic N) is 3. The van der Waals surface area contributed by atoms with Crippen LogP contribution in [0.3, 0.4) is 0 Å². The van der Waals surface area contributed by atoms with Crippen molar-refractivity contribution in [2.45, 2.75) is 46.5 Å². The van der Waals surface area contributed by atoms with Crippen molar-refractivity contribution >= 4 is 23.3 Å². The van der Waals surface area contributed by atoms with E-state index in [1.165, 1.54) is 0 Å². The Morgan fingerprint density at radius 1 is 1.33 bits per heavy atom. The van der Waals surface area contributed by atoms with Gasteiger partial charge in [0.05, 0.1) is 6.54 Å². The first kappa shape index (κ1) is 17.7. The highest BCUT2D eigenvalue weighted by Gasteiger charge is 2.23. The van der Waals surface area contributed by atoms with Gasteiger partial charge in [-0.3, -0.25) is 4.79 Å². The average Bonchev–Trinajstić information content (AvgIpc) is 2.39. The molecule has 0 saturated carbocycles. The first-order valence-electron chi connectivity index (χ1n) is 7.20. The molecule has 1 heterocycles. The minimum atomic E-state index is -0.197. The zero-order chi connectivity index (χ0) is 16.2. The summed E-state index contributed by atoms with van der Waals surface area (Å²) in [4.78, 5) is 22.7. The summed E-state index contributed by atoms with van der Waals surface area (Å²) in [5.41, 5.74) is 0.610. The molecule has 1 rings (SSSR count). The van der Waals surface area contributed by atoms with Crippen molar-refractivity contribution in [3.05, 3.63) is 16.5 Å². The highest BCUT2D eigenvalue weighted by Crippen LogP contribution is 2.28. The maximum absolute atomic E-state index is 11.7. The summed E-state index contributed by atoms with van der Waals surface area (Å²) in [5.74, 6) is 1.38. The number of amides is 1. The van der Waals surface area contributed by atoms with Crippen LogP contribution in [0.1, 0.15) is 45.5 Å². The number of hydrogen-bond donors (Lipinski definition) is 1. The van der Waals surface area contributed by atoms with E-state index in [0.29, 0.717) is 11.0 Å². The maximum Gasteiger partial charge on any atom is 0.239 e. The Morgan fingerprint density at radius 2 is 1.95 bits per heavy atom. The quantitative estimate of drug-likeness (QED) is 0.849. The van der Waals surface area contributed by atoms with Gasteiger partial charge in [0.2, 0.25) is 5.91 Å². The van der Waals surface area contributed by atoms with Crippen LogP contribution < -0.4 is 10.2 Å². The predicted molar refractivity (Wildman–Crippen MR) is 87.0 cm³/mol. The molecule has 1 N–H and O–H groups in total. The lowest BCUT2D eigenvalue weighted by molar-refractivity contribution is -0.119. The van der Waals surface area contributed by atoms with Gasteiger partial charge >= 0.3 is 0 Å². The molecule has 6 heteroatoms. The molecule has 0 bridgehead atoms. The molecule has 0 aliphatic rings. The molecule has 21 heavy (non-hydrogen) atoms. The Kier molecular flexibility index (Phi) is 5.96. The number of anilines is 1. The van der Waals surface area contributed by atoms with E-state index in [-0.39, 0.29) is 17.9 Å². The first-order chi connectivity index (χ1) is 9.70. The van der Waals surface area contributed by atoms with Crippen LogP contribution in [0, 0.1) is 6.92 Å². The van der Waals surface area contributed by atoms with Crippen LogP contribution in [0.15, 0.2) is 0 Å². The third-order valence-corrected chi connectivity index (χ3v) is 3.51. The van der Waals surface area contributed by atoms with Crippen LogP contribution in [0.4, 0.5) is 5.82 Å². The highest BCUT2D eigenvalue weighted by molar-refractivity contribution is 6.30. The Morgan fingerprint density at radius 3 is 2.43 bits per heavy atom. The third-order valence-electron chi connectivity index (χ3n) is 3.14. The van der Waals surface area contributed by atoms with Gasteiger partial charge in [-0.1, -0.05) is 39.3 Å². The lowest BCUT2D eigenvalue weighted by Gasteiger charge is -2.26. The molecule has 0 atom stereocenters. The van der Waals surface area contributed by atoms with Crippen molar-refractivity contribution < 1.29 is 4.79 Å². The van der Waals surface area contributed by atoms with Crippen LogP contribution in [0.2, 0.25) is 5.15 Å². The summed E-state index contributed by atoms with van der Waals surface area (Å²) in [5, 5.41) is 3.09. The zero-order valence-corrected chi connectivity index (χ0v) is 14.5. The largest absolute Gasteiger partial charge is 0.358 e. The number of likely N-dealkylation sites (N-methyl/N-ethyl adjacent to an activating group) is 1. The van der Waals surface area contributed by atoms with Crippen molar-refractivity contribution in [3.63, 3.8) is 0 Å². The summed E-state index contributed by atoms with van der Waals surface area (Å²) in [6.07, 6.45) is 0.920. The molecule has 1 aromatic heterocycles. The second-order valence-electron chi connectivity index (χ2n) is 6.13. The van der Waals surface area contributed by atoms with E-state index >= 15 is 0 Å². The topological polar surface area (TPSA) is 58.1 Å². The van der Waals surface area contributed by atoms with Gasteiger partial charge in [0.25, 0.3) is 0 Å². The number of carbonyl (C=O) groups excluding carboxylic acids is 1. The second-order valence-corrected chi connectivity index (χ2v) is 6.49. The fourth-order valence-corrected chi connectivity index (χ4v) is 2.07. The number of carbonyl (C=O) groups is 1. The van der Waals surface area contributed by atoms with Gasteiger partial charge < -0.3 is 10.2 Å². The Labute approximate surface area is 132 Å². The van der Waals surface area contributed by atoms with Crippen LogP contribution in [0.5, 0.6) is 0 Å². The molecule has 1 aromatic rings. The summed E-state index contributed by atoms with van der Waals surface area (Å²) < 4.78 is 0. The molecule has 0 aromatic carbocycles. The van der Waals surface area contributed by atoms with Crippen LogP contribution in [0.25, 0.3) is 0 Å². The van der Waals surface area contributed by atoms with E-state index in [4.69, 9.17) is 11.6 Å². The summed E-state index contributed by atoms with van der Waals surface area (Å²) in [6, 6.07) is 0. The predicted octanol–water partition coefficient (Wildman–Crippen LogP) is 2.70. The number of nitrogens with one attached hydrogen (secondary N) is 1. The first-order valence-corrected chi connectivity index (χ1v) is 7.58. The summed E-state index contributed by atoms with van der Waals surface area (Å²) >= 11 is 6.26. The van der Waals surface area contributed by atoms with E-state index in [1.54, 1.807) is 7.05 Å². The average molecular weight is 313 g/mol. The van der Waals surface area contributed by atoms with Gasteiger partial charge in [0, 0.05) is 24.6 Å². The summed E-state index contributed by atoms with van der Waals surface area (Å²) in [6.45, 7) is 11.1. The maximum atomic E-state index is 11.7. The fraction of sp³-hybridized carbons (Fsp3) is 0.667. The Bertz CT molecular complexity index is 511. The van der Waals surface area contributed by atoms with E-state index in [9.17, 15) is 4.79 Å². The minimum absolute atomic E-state index is 0.0464. The minimum Gasteiger partial charge on any atom is -0.358 e. The van der Waals surface area contributed by atoms with E-state index in [1.807, 2.05) is 32.6 Å². The van der Waals surface area contributed by atoms with Crippen molar-refractivity contribution in [1.82, 2.24) is 15.3 Å². The van der Waals surface area contributed by atoms with Crippen molar-refractivity contribution in [2.75, 3.05) is 25.0 Å². The Hall–Kier alpha value is -1.36. The molecule has 1 amide bonds. The van der Waals surface area contributed by atoms with E-state index in [0.717, 1.165) is 24.3 Å². The number of rotatable bonds is 5. The lowest BCUT2D eigenvalue weighted by Crippen LogP contribution is -2.37. The summed E-state index contributed by atoms with van der Waals surface area (Å²) in [7, 11) is 1.63. The zero-order valence-electron chi connectivity index (χ0n) is 13.7. The molecule has 0 unspecified atom stereocenters. The standard InChI is InChI=1S/C15H25ClN4O/c1-7-8-20(9-11(21)17-6)13-10(2)12(16)18-14(19-13)15(3,4)5/h7-9H2,1-6H3,(H,17,21). The van der Waals surface area contributed by atoms with Gasteiger partial charge in [-0.25, -0.2) is 9.97 Å². The van der Waals surface area contributed by atoms with Gasteiger partial charge in [0.1, 0.15) is 16.8 Å². The molecule has 0 aliphatic carbocycles. The van der Waals surface area contributed by atoms with Gasteiger partial charge in [-0.2, -0.15) is 0 Å².